The zero-order chi connectivity index (χ0) is 15.3. The lowest BCUT2D eigenvalue weighted by molar-refractivity contribution is 0.290. The van der Waals surface area contributed by atoms with E-state index in [-0.39, 0.29) is 4.90 Å². The third kappa shape index (κ3) is 4.68. The first kappa shape index (κ1) is 16.2. The second-order valence-electron chi connectivity index (χ2n) is 5.89. The van der Waals surface area contributed by atoms with Gasteiger partial charge in [0.2, 0.25) is 10.0 Å². The largest absolute Gasteiger partial charge is 0.370 e. The fourth-order valence-corrected chi connectivity index (χ4v) is 3.73. The van der Waals surface area contributed by atoms with E-state index < -0.39 is 10.0 Å². The fourth-order valence-electron chi connectivity index (χ4n) is 2.67. The van der Waals surface area contributed by atoms with Crippen molar-refractivity contribution in [2.24, 2.45) is 11.8 Å². The predicted molar refractivity (Wildman–Crippen MR) is 84.7 cm³/mol. The third-order valence-electron chi connectivity index (χ3n) is 4.10. The smallest absolute Gasteiger partial charge is 0.242 e. The number of anilines is 1. The molecule has 6 heteroatoms. The van der Waals surface area contributed by atoms with Gasteiger partial charge < -0.3 is 5.32 Å². The van der Waals surface area contributed by atoms with Gasteiger partial charge in [-0.1, -0.05) is 19.8 Å². The molecular weight excluding hydrogens is 286 g/mol. The summed E-state index contributed by atoms with van der Waals surface area (Å²) < 4.78 is 27.2. The highest BCUT2D eigenvalue weighted by Gasteiger charge is 2.21. The van der Waals surface area contributed by atoms with Crippen LogP contribution in [0.1, 0.15) is 39.5 Å². The molecular formula is C15H25N3O2S. The minimum atomic E-state index is -3.45. The summed E-state index contributed by atoms with van der Waals surface area (Å²) in [5, 5.41) is 3.05. The molecule has 1 aromatic heterocycles. The highest BCUT2D eigenvalue weighted by Crippen LogP contribution is 2.28. The average Bonchev–Trinajstić information content (AvgIpc) is 2.48. The van der Waals surface area contributed by atoms with E-state index >= 15 is 0 Å². The van der Waals surface area contributed by atoms with Crippen LogP contribution in [0.15, 0.2) is 23.2 Å². The van der Waals surface area contributed by atoms with E-state index in [1.54, 1.807) is 12.1 Å². The first-order valence-electron chi connectivity index (χ1n) is 7.71. The van der Waals surface area contributed by atoms with Crippen molar-refractivity contribution < 1.29 is 8.42 Å². The lowest BCUT2D eigenvalue weighted by atomic mass is 9.83. The zero-order valence-electron chi connectivity index (χ0n) is 12.8. The van der Waals surface area contributed by atoms with E-state index in [9.17, 15) is 8.42 Å². The molecule has 0 aromatic carbocycles. The Kier molecular flexibility index (Phi) is 5.58. The number of rotatable bonds is 6. The van der Waals surface area contributed by atoms with Gasteiger partial charge in [-0.3, -0.25) is 0 Å². The number of nitrogens with one attached hydrogen (secondary N) is 2. The molecule has 1 fully saturated rings. The van der Waals surface area contributed by atoms with Crippen LogP contribution in [0.5, 0.6) is 0 Å². The van der Waals surface area contributed by atoms with Crippen LogP contribution in [0.4, 0.5) is 5.82 Å². The van der Waals surface area contributed by atoms with Gasteiger partial charge in [0, 0.05) is 19.3 Å². The van der Waals surface area contributed by atoms with Gasteiger partial charge in [-0.25, -0.2) is 18.1 Å². The van der Waals surface area contributed by atoms with Crippen LogP contribution in [0.3, 0.4) is 0 Å². The van der Waals surface area contributed by atoms with Crippen LogP contribution >= 0.6 is 0 Å². The molecule has 21 heavy (non-hydrogen) atoms. The van der Waals surface area contributed by atoms with E-state index in [1.165, 1.54) is 19.0 Å². The molecule has 0 aliphatic heterocycles. The number of nitrogens with zero attached hydrogens (tertiary/aromatic N) is 1. The minimum absolute atomic E-state index is 0.230. The highest BCUT2D eigenvalue weighted by atomic mass is 32.2. The summed E-state index contributed by atoms with van der Waals surface area (Å²) >= 11 is 0. The van der Waals surface area contributed by atoms with E-state index in [0.717, 1.165) is 25.3 Å². The first-order valence-corrected chi connectivity index (χ1v) is 9.19. The average molecular weight is 311 g/mol. The van der Waals surface area contributed by atoms with Gasteiger partial charge >= 0.3 is 0 Å². The van der Waals surface area contributed by atoms with Crippen LogP contribution in [-0.4, -0.2) is 26.5 Å². The van der Waals surface area contributed by atoms with Crippen molar-refractivity contribution in [1.82, 2.24) is 9.71 Å². The lowest BCUT2D eigenvalue weighted by Crippen LogP contribution is -2.31. The number of hydrogen-bond acceptors (Lipinski definition) is 4. The number of pyridine rings is 1. The van der Waals surface area contributed by atoms with E-state index in [2.05, 4.69) is 21.9 Å². The van der Waals surface area contributed by atoms with Crippen LogP contribution in [-0.2, 0) is 10.0 Å². The van der Waals surface area contributed by atoms with Gasteiger partial charge in [-0.15, -0.1) is 0 Å². The molecule has 1 aromatic rings. The number of hydrogen-bond donors (Lipinski definition) is 2. The second kappa shape index (κ2) is 7.22. The molecule has 1 aliphatic carbocycles. The predicted octanol–water partition coefficient (Wildman–Crippen LogP) is 2.62. The molecule has 0 bridgehead atoms. The molecule has 2 rings (SSSR count). The Morgan fingerprint density at radius 1 is 1.24 bits per heavy atom. The lowest BCUT2D eigenvalue weighted by Gasteiger charge is -2.26. The Balaban J connectivity index is 1.91. The quantitative estimate of drug-likeness (QED) is 0.847. The van der Waals surface area contributed by atoms with Gasteiger partial charge in [-0.05, 0) is 43.7 Å². The molecule has 0 saturated heterocycles. The van der Waals surface area contributed by atoms with Crippen molar-refractivity contribution in [3.8, 4) is 0 Å². The summed E-state index contributed by atoms with van der Waals surface area (Å²) in [6.07, 6.45) is 6.03. The number of sulfonamides is 1. The topological polar surface area (TPSA) is 71.1 Å². The first-order chi connectivity index (χ1) is 10.0. The molecule has 0 amide bonds. The molecule has 5 nitrogen and oxygen atoms in total. The van der Waals surface area contributed by atoms with Crippen LogP contribution < -0.4 is 10.0 Å². The van der Waals surface area contributed by atoms with Gasteiger partial charge in [0.05, 0.1) is 0 Å². The molecule has 118 valence electrons. The molecule has 0 radical (unpaired) electrons. The fraction of sp³-hybridized carbons (Fsp3) is 0.667. The molecule has 1 aliphatic rings. The molecule has 2 N–H and O–H groups in total. The SMILES string of the molecule is CCNc1ccc(S(=O)(=O)NCC2CCC(C)CC2)cn1. The Morgan fingerprint density at radius 3 is 2.52 bits per heavy atom. The van der Waals surface area contributed by atoms with Crippen molar-refractivity contribution in [1.29, 1.82) is 0 Å². The Morgan fingerprint density at radius 2 is 1.95 bits per heavy atom. The van der Waals surface area contributed by atoms with Gasteiger partial charge in [-0.2, -0.15) is 0 Å². The summed E-state index contributed by atoms with van der Waals surface area (Å²) in [5.74, 6) is 1.93. The standard InChI is InChI=1S/C15H25N3O2S/c1-3-16-15-9-8-14(11-17-15)21(19,20)18-10-13-6-4-12(2)5-7-13/h8-9,11-13,18H,3-7,10H2,1-2H3,(H,16,17). The molecule has 0 atom stereocenters. The minimum Gasteiger partial charge on any atom is -0.370 e. The van der Waals surface area contributed by atoms with Crippen molar-refractivity contribution in [3.63, 3.8) is 0 Å². The number of aromatic nitrogens is 1. The maximum absolute atomic E-state index is 12.2. The summed E-state index contributed by atoms with van der Waals surface area (Å²) in [6.45, 7) is 5.53. The zero-order valence-corrected chi connectivity index (χ0v) is 13.6. The summed E-state index contributed by atoms with van der Waals surface area (Å²) in [6, 6.07) is 3.29. The Labute approximate surface area is 127 Å². The van der Waals surface area contributed by atoms with Gasteiger partial charge in [0.1, 0.15) is 10.7 Å². The molecule has 1 saturated carbocycles. The van der Waals surface area contributed by atoms with Gasteiger partial charge in [0.25, 0.3) is 0 Å². The maximum atomic E-state index is 12.2. The summed E-state index contributed by atoms with van der Waals surface area (Å²) in [5.41, 5.74) is 0. The molecule has 0 spiro atoms. The van der Waals surface area contributed by atoms with Crippen molar-refractivity contribution in [3.05, 3.63) is 18.3 Å². The van der Waals surface area contributed by atoms with E-state index in [0.29, 0.717) is 18.3 Å². The van der Waals surface area contributed by atoms with Crippen LogP contribution in [0.2, 0.25) is 0 Å². The Hall–Kier alpha value is -1.14. The van der Waals surface area contributed by atoms with Crippen molar-refractivity contribution in [2.45, 2.75) is 44.4 Å². The highest BCUT2D eigenvalue weighted by molar-refractivity contribution is 7.89. The van der Waals surface area contributed by atoms with Crippen LogP contribution in [0, 0.1) is 11.8 Å². The van der Waals surface area contributed by atoms with E-state index in [1.807, 2.05) is 6.92 Å². The van der Waals surface area contributed by atoms with Crippen molar-refractivity contribution in [2.75, 3.05) is 18.4 Å². The Bertz CT molecular complexity index is 535. The molecule has 0 unspecified atom stereocenters. The summed E-state index contributed by atoms with van der Waals surface area (Å²) in [4.78, 5) is 4.34. The third-order valence-corrected chi connectivity index (χ3v) is 5.51. The maximum Gasteiger partial charge on any atom is 0.242 e. The second-order valence-corrected chi connectivity index (χ2v) is 7.65. The molecule has 1 heterocycles. The van der Waals surface area contributed by atoms with Gasteiger partial charge in [0.15, 0.2) is 0 Å². The van der Waals surface area contributed by atoms with Crippen LogP contribution in [0.25, 0.3) is 0 Å². The normalized spacial score (nSPS) is 23.0. The summed E-state index contributed by atoms with van der Waals surface area (Å²) in [7, 11) is -3.45. The van der Waals surface area contributed by atoms with Crippen molar-refractivity contribution >= 4 is 15.8 Å². The van der Waals surface area contributed by atoms with E-state index in [4.69, 9.17) is 0 Å². The monoisotopic (exact) mass is 311 g/mol.